The van der Waals surface area contributed by atoms with E-state index in [0.29, 0.717) is 63.9 Å². The molecule has 2 amide bonds. The van der Waals surface area contributed by atoms with E-state index in [1.165, 1.54) is 23.4 Å². The smallest absolute Gasteiger partial charge is 0.382 e. The van der Waals surface area contributed by atoms with E-state index >= 15 is 0 Å². The molecule has 232 valence electrons. The molecule has 0 unspecified atom stereocenters. The number of ether oxygens (including phenoxy) is 2. The fourth-order valence-corrected chi connectivity index (χ4v) is 6.28. The molecule has 0 N–H and O–H groups in total. The largest absolute Gasteiger partial charge is 0.417 e. The van der Waals surface area contributed by atoms with Gasteiger partial charge in [0.05, 0.1) is 48.5 Å². The molecule has 42 heavy (non-hydrogen) atoms. The molecular weight excluding hydrogens is 577 g/mol. The molecule has 0 bridgehead atoms. The topological polar surface area (TPSA) is 120 Å². The van der Waals surface area contributed by atoms with Gasteiger partial charge in [0.2, 0.25) is 10.0 Å². The van der Waals surface area contributed by atoms with E-state index in [1.807, 2.05) is 0 Å². The van der Waals surface area contributed by atoms with Crippen molar-refractivity contribution in [1.82, 2.24) is 9.21 Å². The molecule has 0 saturated carbocycles. The zero-order valence-electron chi connectivity index (χ0n) is 23.9. The number of hydrogen-bond acceptors (Lipinski definition) is 8. The summed E-state index contributed by atoms with van der Waals surface area (Å²) in [5, 5.41) is 9.01. The standard InChI is InChI=1S/C28H37F3N4O6S/c1-21-24(27(37)35(26(21)36)23-9-8-22(20-32)25(19-23)28(29,30)31)7-5-3-4-6-10-33-11-13-34(14-12-33)42(38,39)18-17-41-16-15-40-2/h8-9,19H,3-7,10-18H2,1-2H3. The molecule has 2 aliphatic rings. The van der Waals surface area contributed by atoms with Crippen molar-refractivity contribution in [1.29, 1.82) is 5.26 Å². The highest BCUT2D eigenvalue weighted by Crippen LogP contribution is 2.37. The Morgan fingerprint density at radius 1 is 0.976 bits per heavy atom. The van der Waals surface area contributed by atoms with Crippen molar-refractivity contribution in [3.63, 3.8) is 0 Å². The Hall–Kier alpha value is -2.83. The van der Waals surface area contributed by atoms with Gasteiger partial charge < -0.3 is 14.4 Å². The molecular formula is C28H37F3N4O6S. The van der Waals surface area contributed by atoms with Crippen molar-refractivity contribution in [3.8, 4) is 6.07 Å². The molecule has 1 fully saturated rings. The van der Waals surface area contributed by atoms with E-state index in [-0.39, 0.29) is 23.6 Å². The van der Waals surface area contributed by atoms with Gasteiger partial charge in [-0.15, -0.1) is 0 Å². The van der Waals surface area contributed by atoms with Gasteiger partial charge in [0.25, 0.3) is 11.8 Å². The van der Waals surface area contributed by atoms with Crippen molar-refractivity contribution >= 4 is 27.5 Å². The van der Waals surface area contributed by atoms with Gasteiger partial charge in [0, 0.05) is 44.4 Å². The number of benzene rings is 1. The van der Waals surface area contributed by atoms with Crippen LogP contribution in [0, 0.1) is 11.3 Å². The number of amides is 2. The lowest BCUT2D eigenvalue weighted by Crippen LogP contribution is -2.49. The van der Waals surface area contributed by atoms with Crippen LogP contribution in [0.5, 0.6) is 0 Å². The number of nitrogens with zero attached hydrogens (tertiary/aromatic N) is 4. The van der Waals surface area contributed by atoms with E-state index in [2.05, 4.69) is 4.90 Å². The third-order valence-electron chi connectivity index (χ3n) is 7.42. The van der Waals surface area contributed by atoms with Crippen LogP contribution in [0.25, 0.3) is 0 Å². The first-order chi connectivity index (χ1) is 19.9. The van der Waals surface area contributed by atoms with Gasteiger partial charge in [0.15, 0.2) is 0 Å². The maximum atomic E-state index is 13.4. The lowest BCUT2D eigenvalue weighted by atomic mass is 10.0. The normalized spacial score (nSPS) is 17.4. The number of anilines is 1. The Kier molecular flexibility index (Phi) is 12.1. The van der Waals surface area contributed by atoms with Crippen molar-refractivity contribution in [2.45, 2.75) is 45.2 Å². The zero-order valence-corrected chi connectivity index (χ0v) is 24.7. The van der Waals surface area contributed by atoms with Gasteiger partial charge >= 0.3 is 6.18 Å². The number of imide groups is 1. The van der Waals surface area contributed by atoms with Crippen LogP contribution in [0.15, 0.2) is 29.3 Å². The van der Waals surface area contributed by atoms with Crippen LogP contribution in [0.4, 0.5) is 18.9 Å². The van der Waals surface area contributed by atoms with E-state index in [9.17, 15) is 31.2 Å². The van der Waals surface area contributed by atoms with Crippen LogP contribution in [-0.4, -0.2) is 94.8 Å². The van der Waals surface area contributed by atoms with Gasteiger partial charge in [-0.05, 0) is 50.9 Å². The number of sulfonamides is 1. The third-order valence-corrected chi connectivity index (χ3v) is 9.25. The van der Waals surface area contributed by atoms with Crippen LogP contribution in [0.3, 0.4) is 0 Å². The number of hydrogen-bond donors (Lipinski definition) is 0. The minimum atomic E-state index is -4.80. The summed E-state index contributed by atoms with van der Waals surface area (Å²) in [5.74, 6) is -1.35. The molecule has 2 heterocycles. The molecule has 3 rings (SSSR count). The summed E-state index contributed by atoms with van der Waals surface area (Å²) in [5.41, 5.74) is -1.48. The Labute approximate surface area is 244 Å². The summed E-state index contributed by atoms with van der Waals surface area (Å²) in [6.45, 7) is 5.39. The van der Waals surface area contributed by atoms with Crippen molar-refractivity contribution in [3.05, 3.63) is 40.5 Å². The maximum Gasteiger partial charge on any atom is 0.417 e. The first-order valence-electron chi connectivity index (χ1n) is 13.9. The summed E-state index contributed by atoms with van der Waals surface area (Å²) >= 11 is 0. The summed E-state index contributed by atoms with van der Waals surface area (Å²) in [6.07, 6.45) is -1.27. The SMILES string of the molecule is COCCOCCS(=O)(=O)N1CCN(CCCCCCC2=C(C)C(=O)N(c3ccc(C#N)c(C(F)(F)F)c3)C2=O)CC1. The molecule has 1 aromatic carbocycles. The van der Waals surface area contributed by atoms with Crippen molar-refractivity contribution in [2.24, 2.45) is 0 Å². The van der Waals surface area contributed by atoms with Crippen LogP contribution in [-0.2, 0) is 35.3 Å². The number of carbonyl (C=O) groups excluding carboxylic acids is 2. The van der Waals surface area contributed by atoms with E-state index in [0.717, 1.165) is 36.8 Å². The highest BCUT2D eigenvalue weighted by molar-refractivity contribution is 7.89. The minimum absolute atomic E-state index is 0.0550. The van der Waals surface area contributed by atoms with Crippen molar-refractivity contribution < 1.29 is 40.7 Å². The van der Waals surface area contributed by atoms with Gasteiger partial charge in [-0.1, -0.05) is 12.8 Å². The molecule has 0 aliphatic carbocycles. The summed E-state index contributed by atoms with van der Waals surface area (Å²) in [7, 11) is -1.81. The van der Waals surface area contributed by atoms with E-state index in [1.54, 1.807) is 7.11 Å². The highest BCUT2D eigenvalue weighted by atomic mass is 32.2. The second-order valence-corrected chi connectivity index (χ2v) is 12.3. The Balaban J connectivity index is 1.40. The highest BCUT2D eigenvalue weighted by Gasteiger charge is 2.39. The molecule has 1 aromatic rings. The lowest BCUT2D eigenvalue weighted by molar-refractivity contribution is -0.138. The number of piperazine rings is 1. The predicted octanol–water partition coefficient (Wildman–Crippen LogP) is 3.33. The van der Waals surface area contributed by atoms with Gasteiger partial charge in [-0.25, -0.2) is 13.3 Å². The van der Waals surface area contributed by atoms with E-state index in [4.69, 9.17) is 14.7 Å². The predicted molar refractivity (Wildman–Crippen MR) is 149 cm³/mol. The third kappa shape index (κ3) is 8.61. The monoisotopic (exact) mass is 614 g/mol. The number of rotatable bonds is 15. The summed E-state index contributed by atoms with van der Waals surface area (Å²) in [4.78, 5) is 28.7. The van der Waals surface area contributed by atoms with Gasteiger partial charge in [-0.2, -0.15) is 22.7 Å². The number of methoxy groups -OCH3 is 1. The molecule has 2 aliphatic heterocycles. The Morgan fingerprint density at radius 2 is 1.67 bits per heavy atom. The number of nitriles is 1. The fraction of sp³-hybridized carbons (Fsp3) is 0.607. The van der Waals surface area contributed by atoms with Gasteiger partial charge in [0.1, 0.15) is 0 Å². The quantitative estimate of drug-likeness (QED) is 0.218. The number of unbranched alkanes of at least 4 members (excludes halogenated alkanes) is 3. The Bertz CT molecular complexity index is 1300. The average Bonchev–Trinajstić information content (AvgIpc) is 3.16. The van der Waals surface area contributed by atoms with E-state index < -0.39 is 39.1 Å². The van der Waals surface area contributed by atoms with Crippen LogP contribution < -0.4 is 4.90 Å². The van der Waals surface area contributed by atoms with Gasteiger partial charge in [-0.3, -0.25) is 9.59 Å². The second-order valence-electron chi connectivity index (χ2n) is 10.2. The first kappa shape index (κ1) is 33.7. The lowest BCUT2D eigenvalue weighted by Gasteiger charge is -2.34. The Morgan fingerprint density at radius 3 is 2.31 bits per heavy atom. The molecule has 0 spiro atoms. The number of alkyl halides is 3. The van der Waals surface area contributed by atoms with Crippen LogP contribution >= 0.6 is 0 Å². The molecule has 0 radical (unpaired) electrons. The fourth-order valence-electron chi connectivity index (χ4n) is 4.98. The molecule has 1 saturated heterocycles. The molecule has 0 aromatic heterocycles. The molecule has 10 nitrogen and oxygen atoms in total. The second kappa shape index (κ2) is 15.1. The minimum Gasteiger partial charge on any atom is -0.382 e. The number of carbonyl (C=O) groups is 2. The maximum absolute atomic E-state index is 13.4. The summed E-state index contributed by atoms with van der Waals surface area (Å²) in [6, 6.07) is 4.29. The van der Waals surface area contributed by atoms with Crippen molar-refractivity contribution in [2.75, 3.05) is 70.3 Å². The summed E-state index contributed by atoms with van der Waals surface area (Å²) < 4.78 is 76.8. The van der Waals surface area contributed by atoms with Crippen LogP contribution in [0.2, 0.25) is 0 Å². The van der Waals surface area contributed by atoms with Crippen LogP contribution in [0.1, 0.15) is 50.2 Å². The first-order valence-corrected chi connectivity index (χ1v) is 15.5. The molecule has 0 atom stereocenters. The number of halogens is 3. The molecule has 14 heteroatoms. The zero-order chi connectivity index (χ0) is 30.9. The average molecular weight is 615 g/mol.